The predicted octanol–water partition coefficient (Wildman–Crippen LogP) is 2.29. The summed E-state index contributed by atoms with van der Waals surface area (Å²) >= 11 is 3.49. The summed E-state index contributed by atoms with van der Waals surface area (Å²) in [6, 6.07) is 0. The van der Waals surface area contributed by atoms with Gasteiger partial charge in [0.25, 0.3) is 5.91 Å². The molecule has 2 rings (SSSR count). The number of aromatic nitrogens is 4. The number of halogens is 1. The van der Waals surface area contributed by atoms with Crippen molar-refractivity contribution < 1.29 is 4.79 Å². The molecule has 0 aromatic carbocycles. The van der Waals surface area contributed by atoms with E-state index in [2.05, 4.69) is 26.1 Å². The third kappa shape index (κ3) is 2.88. The van der Waals surface area contributed by atoms with Crippen molar-refractivity contribution in [3.05, 3.63) is 33.3 Å². The van der Waals surface area contributed by atoms with E-state index in [9.17, 15) is 4.79 Å². The molecule has 21 heavy (non-hydrogen) atoms. The van der Waals surface area contributed by atoms with Gasteiger partial charge in [0, 0.05) is 26.3 Å². The van der Waals surface area contributed by atoms with Crippen LogP contribution >= 0.6 is 15.9 Å². The van der Waals surface area contributed by atoms with E-state index in [-0.39, 0.29) is 5.91 Å². The van der Waals surface area contributed by atoms with Crippen LogP contribution in [0, 0.1) is 13.8 Å². The zero-order valence-electron chi connectivity index (χ0n) is 13.0. The number of nitrogens with zero attached hydrogens (tertiary/aromatic N) is 5. The first kappa shape index (κ1) is 15.8. The Bertz CT molecular complexity index is 673. The third-order valence-corrected chi connectivity index (χ3v) is 4.32. The van der Waals surface area contributed by atoms with Gasteiger partial charge in [0.05, 0.1) is 34.2 Å². The average Bonchev–Trinajstić information content (AvgIpc) is 2.90. The van der Waals surface area contributed by atoms with Gasteiger partial charge in [-0.1, -0.05) is 0 Å². The quantitative estimate of drug-likeness (QED) is 0.847. The van der Waals surface area contributed by atoms with Crippen molar-refractivity contribution in [1.29, 1.82) is 0 Å². The summed E-state index contributed by atoms with van der Waals surface area (Å²) in [6.45, 7) is 7.07. The molecule has 0 N–H and O–H groups in total. The molecule has 0 saturated heterocycles. The van der Waals surface area contributed by atoms with Gasteiger partial charge in [-0.25, -0.2) is 0 Å². The van der Waals surface area contributed by atoms with E-state index in [1.165, 1.54) is 0 Å². The van der Waals surface area contributed by atoms with Crippen LogP contribution in [0.3, 0.4) is 0 Å². The molecule has 0 spiro atoms. The molecule has 0 aliphatic heterocycles. The van der Waals surface area contributed by atoms with E-state index in [4.69, 9.17) is 0 Å². The smallest absolute Gasteiger partial charge is 0.257 e. The Kier molecular flexibility index (Phi) is 4.51. The number of hydrogen-bond acceptors (Lipinski definition) is 3. The SMILES string of the molecule is CCn1ncc(Br)c1CN(C)C(=O)c1c(C)nn(C)c1C. The first-order chi connectivity index (χ1) is 9.86. The summed E-state index contributed by atoms with van der Waals surface area (Å²) in [5.74, 6) is -0.0196. The normalized spacial score (nSPS) is 11.0. The summed E-state index contributed by atoms with van der Waals surface area (Å²) in [5, 5.41) is 8.58. The maximum absolute atomic E-state index is 12.7. The highest BCUT2D eigenvalue weighted by atomic mass is 79.9. The largest absolute Gasteiger partial charge is 0.336 e. The summed E-state index contributed by atoms with van der Waals surface area (Å²) < 4.78 is 4.54. The number of hydrogen-bond donors (Lipinski definition) is 0. The van der Waals surface area contributed by atoms with Crippen molar-refractivity contribution >= 4 is 21.8 Å². The summed E-state index contributed by atoms with van der Waals surface area (Å²) in [7, 11) is 3.65. The third-order valence-electron chi connectivity index (χ3n) is 3.65. The highest BCUT2D eigenvalue weighted by Crippen LogP contribution is 2.20. The van der Waals surface area contributed by atoms with Crippen LogP contribution in [0.1, 0.15) is 34.4 Å². The lowest BCUT2D eigenvalue weighted by atomic mass is 10.1. The highest BCUT2D eigenvalue weighted by Gasteiger charge is 2.22. The number of carbonyl (C=O) groups is 1. The molecule has 2 heterocycles. The first-order valence-corrected chi connectivity index (χ1v) is 7.61. The number of rotatable bonds is 4. The van der Waals surface area contributed by atoms with Crippen LogP contribution < -0.4 is 0 Å². The highest BCUT2D eigenvalue weighted by molar-refractivity contribution is 9.10. The molecule has 2 aromatic heterocycles. The first-order valence-electron chi connectivity index (χ1n) is 6.82. The molecule has 0 aliphatic carbocycles. The van der Waals surface area contributed by atoms with Crippen molar-refractivity contribution in [2.45, 2.75) is 33.9 Å². The van der Waals surface area contributed by atoms with Gasteiger partial charge in [0.15, 0.2) is 0 Å². The Morgan fingerprint density at radius 1 is 1.43 bits per heavy atom. The zero-order valence-corrected chi connectivity index (χ0v) is 14.6. The maximum atomic E-state index is 12.7. The molecular formula is C14H20BrN5O. The molecule has 0 atom stereocenters. The summed E-state index contributed by atoms with van der Waals surface area (Å²) in [5.41, 5.74) is 3.31. The standard InChI is InChI=1S/C14H20BrN5O/c1-6-20-12(11(15)7-16-20)8-18(4)14(21)13-9(2)17-19(5)10(13)3/h7H,6,8H2,1-5H3. The molecule has 114 valence electrons. The van der Waals surface area contributed by atoms with Crippen molar-refractivity contribution in [3.8, 4) is 0 Å². The lowest BCUT2D eigenvalue weighted by Crippen LogP contribution is -2.28. The van der Waals surface area contributed by atoms with Gasteiger partial charge in [-0.05, 0) is 36.7 Å². The van der Waals surface area contributed by atoms with E-state index in [0.717, 1.165) is 28.1 Å². The van der Waals surface area contributed by atoms with Gasteiger partial charge in [-0.2, -0.15) is 10.2 Å². The summed E-state index contributed by atoms with van der Waals surface area (Å²) in [6.07, 6.45) is 1.76. The van der Waals surface area contributed by atoms with E-state index < -0.39 is 0 Å². The fourth-order valence-electron chi connectivity index (χ4n) is 2.39. The Morgan fingerprint density at radius 2 is 2.10 bits per heavy atom. The summed E-state index contributed by atoms with van der Waals surface area (Å²) in [4.78, 5) is 14.4. The Morgan fingerprint density at radius 3 is 2.62 bits per heavy atom. The van der Waals surface area contributed by atoms with Crippen molar-refractivity contribution in [1.82, 2.24) is 24.5 Å². The molecule has 7 heteroatoms. The second kappa shape index (κ2) is 6.01. The molecule has 0 radical (unpaired) electrons. The van der Waals surface area contributed by atoms with E-state index in [1.807, 2.05) is 32.5 Å². The van der Waals surface area contributed by atoms with E-state index in [1.54, 1.807) is 22.8 Å². The van der Waals surface area contributed by atoms with Crippen LogP contribution in [-0.2, 0) is 20.1 Å². The molecular weight excluding hydrogens is 334 g/mol. The fourth-order valence-corrected chi connectivity index (χ4v) is 2.81. The van der Waals surface area contributed by atoms with Gasteiger partial charge in [-0.3, -0.25) is 14.2 Å². The zero-order chi connectivity index (χ0) is 15.7. The van der Waals surface area contributed by atoms with Crippen LogP contribution in [0.2, 0.25) is 0 Å². The van der Waals surface area contributed by atoms with Crippen molar-refractivity contribution in [2.75, 3.05) is 7.05 Å². The second-order valence-electron chi connectivity index (χ2n) is 5.09. The van der Waals surface area contributed by atoms with Crippen LogP contribution in [0.15, 0.2) is 10.7 Å². The molecule has 1 amide bonds. The molecule has 0 fully saturated rings. The molecule has 0 aliphatic rings. The minimum atomic E-state index is -0.0196. The Hall–Kier alpha value is -1.63. The molecule has 0 saturated carbocycles. The van der Waals surface area contributed by atoms with Crippen LogP contribution in [-0.4, -0.2) is 37.4 Å². The fraction of sp³-hybridized carbons (Fsp3) is 0.500. The predicted molar refractivity (Wildman–Crippen MR) is 84.1 cm³/mol. The van der Waals surface area contributed by atoms with Gasteiger partial charge in [-0.15, -0.1) is 0 Å². The lowest BCUT2D eigenvalue weighted by molar-refractivity contribution is 0.0779. The van der Waals surface area contributed by atoms with Crippen molar-refractivity contribution in [3.63, 3.8) is 0 Å². The van der Waals surface area contributed by atoms with Gasteiger partial charge in [0.1, 0.15) is 0 Å². The molecule has 0 bridgehead atoms. The van der Waals surface area contributed by atoms with Crippen LogP contribution in [0.4, 0.5) is 0 Å². The maximum Gasteiger partial charge on any atom is 0.257 e. The minimum absolute atomic E-state index is 0.0196. The molecule has 2 aromatic rings. The van der Waals surface area contributed by atoms with Gasteiger partial charge >= 0.3 is 0 Å². The van der Waals surface area contributed by atoms with Gasteiger partial charge < -0.3 is 4.90 Å². The topological polar surface area (TPSA) is 56.0 Å². The number of carbonyl (C=O) groups excluding carboxylic acids is 1. The van der Waals surface area contributed by atoms with Gasteiger partial charge in [0.2, 0.25) is 0 Å². The Balaban J connectivity index is 2.26. The van der Waals surface area contributed by atoms with Crippen molar-refractivity contribution in [2.24, 2.45) is 7.05 Å². The molecule has 6 nitrogen and oxygen atoms in total. The average molecular weight is 354 g/mol. The monoisotopic (exact) mass is 353 g/mol. The second-order valence-corrected chi connectivity index (χ2v) is 5.94. The lowest BCUT2D eigenvalue weighted by Gasteiger charge is -2.18. The van der Waals surface area contributed by atoms with E-state index in [0.29, 0.717) is 12.1 Å². The van der Waals surface area contributed by atoms with Crippen LogP contribution in [0.5, 0.6) is 0 Å². The minimum Gasteiger partial charge on any atom is -0.336 e. The Labute approximate surface area is 132 Å². The van der Waals surface area contributed by atoms with E-state index >= 15 is 0 Å². The number of amides is 1. The molecule has 0 unspecified atom stereocenters. The van der Waals surface area contributed by atoms with Crippen LogP contribution in [0.25, 0.3) is 0 Å². The number of aryl methyl sites for hydroxylation is 3.